The van der Waals surface area contributed by atoms with Crippen LogP contribution in [0.25, 0.3) is 11.3 Å². The number of rotatable bonds is 4. The van der Waals surface area contributed by atoms with Crippen molar-refractivity contribution in [2.45, 2.75) is 38.6 Å². The van der Waals surface area contributed by atoms with Crippen molar-refractivity contribution in [3.05, 3.63) is 52.1 Å². The Morgan fingerprint density at radius 3 is 2.50 bits per heavy atom. The predicted molar refractivity (Wildman–Crippen MR) is 112 cm³/mol. The number of hydrogen-bond donors (Lipinski definition) is 1. The van der Waals surface area contributed by atoms with E-state index in [1.807, 2.05) is 48.2 Å². The Morgan fingerprint density at radius 1 is 1.11 bits per heavy atom. The fourth-order valence-corrected chi connectivity index (χ4v) is 4.06. The molecule has 1 aliphatic heterocycles. The first-order valence-corrected chi connectivity index (χ1v) is 10.6. The number of hydrogen-bond acceptors (Lipinski definition) is 3. The number of benzene rings is 1. The number of nitrogens with zero attached hydrogens (tertiary/aromatic N) is 2. The number of nitrogens with one attached hydrogen (secondary N) is 1. The number of aryl methyl sites for hydroxylation is 1. The Labute approximate surface area is 173 Å². The van der Waals surface area contributed by atoms with Gasteiger partial charge in [0.15, 0.2) is 0 Å². The van der Waals surface area contributed by atoms with Crippen LogP contribution in [0, 0.1) is 12.8 Å². The Bertz CT molecular complexity index is 902. The summed E-state index contributed by atoms with van der Waals surface area (Å²) in [6.07, 6.45) is 3.66. The van der Waals surface area contributed by atoms with Crippen LogP contribution < -0.4 is 5.32 Å². The summed E-state index contributed by atoms with van der Waals surface area (Å²) in [6.45, 7) is 3.12. The lowest BCUT2D eigenvalue weighted by Gasteiger charge is -2.31. The zero-order chi connectivity index (χ0) is 19.7. The molecule has 0 unspecified atom stereocenters. The third-order valence-electron chi connectivity index (χ3n) is 5.51. The van der Waals surface area contributed by atoms with Crippen molar-refractivity contribution in [2.75, 3.05) is 13.1 Å². The zero-order valence-electron chi connectivity index (χ0n) is 16.0. The van der Waals surface area contributed by atoms with Crippen molar-refractivity contribution in [3.8, 4) is 11.3 Å². The molecule has 2 heterocycles. The molecule has 2 amide bonds. The average Bonchev–Trinajstić information content (AvgIpc) is 3.51. The molecule has 2 aromatic rings. The van der Waals surface area contributed by atoms with Gasteiger partial charge in [-0.05, 0) is 56.9 Å². The molecule has 1 aliphatic carbocycles. The fraction of sp³-hybridized carbons (Fsp3) is 0.409. The number of aromatic nitrogens is 1. The zero-order valence-corrected chi connectivity index (χ0v) is 17.5. The highest BCUT2D eigenvalue weighted by atomic mass is 79.9. The third-order valence-corrected chi connectivity index (χ3v) is 6.01. The van der Waals surface area contributed by atoms with Crippen LogP contribution in [-0.4, -0.2) is 40.8 Å². The van der Waals surface area contributed by atoms with Crippen molar-refractivity contribution in [3.63, 3.8) is 0 Å². The lowest BCUT2D eigenvalue weighted by Crippen LogP contribution is -2.43. The fourth-order valence-electron chi connectivity index (χ4n) is 3.66. The predicted octanol–water partition coefficient (Wildman–Crippen LogP) is 3.95. The average molecular weight is 442 g/mol. The van der Waals surface area contributed by atoms with Gasteiger partial charge in [-0.2, -0.15) is 0 Å². The van der Waals surface area contributed by atoms with Crippen molar-refractivity contribution >= 4 is 27.7 Å². The molecule has 0 radical (unpaired) electrons. The minimum Gasteiger partial charge on any atom is -0.353 e. The van der Waals surface area contributed by atoms with Gasteiger partial charge in [0.1, 0.15) is 0 Å². The first-order valence-electron chi connectivity index (χ1n) is 9.84. The molecule has 4 rings (SSSR count). The van der Waals surface area contributed by atoms with E-state index >= 15 is 0 Å². The highest BCUT2D eigenvalue weighted by Crippen LogP contribution is 2.25. The SMILES string of the molecule is Cc1nc(-c2cccc(Br)c2)ccc1C(=O)N1CCC(C(=O)NC2CC2)CC1. The molecule has 0 atom stereocenters. The van der Waals surface area contributed by atoms with E-state index < -0.39 is 0 Å². The van der Waals surface area contributed by atoms with E-state index in [1.165, 1.54) is 0 Å². The van der Waals surface area contributed by atoms with Crippen LogP contribution in [0.15, 0.2) is 40.9 Å². The summed E-state index contributed by atoms with van der Waals surface area (Å²) in [5.74, 6) is 0.195. The van der Waals surface area contributed by atoms with Crippen molar-refractivity contribution in [1.82, 2.24) is 15.2 Å². The smallest absolute Gasteiger partial charge is 0.255 e. The molecule has 2 fully saturated rings. The Morgan fingerprint density at radius 2 is 1.86 bits per heavy atom. The van der Waals surface area contributed by atoms with E-state index in [-0.39, 0.29) is 17.7 Å². The minimum absolute atomic E-state index is 0.00634. The first-order chi connectivity index (χ1) is 13.5. The molecule has 5 nitrogen and oxygen atoms in total. The number of amides is 2. The molecule has 146 valence electrons. The summed E-state index contributed by atoms with van der Waals surface area (Å²) < 4.78 is 0.998. The number of pyridine rings is 1. The number of likely N-dealkylation sites (tertiary alicyclic amines) is 1. The van der Waals surface area contributed by atoms with E-state index in [2.05, 4.69) is 26.2 Å². The topological polar surface area (TPSA) is 62.3 Å². The van der Waals surface area contributed by atoms with Gasteiger partial charge in [0, 0.05) is 35.1 Å². The lowest BCUT2D eigenvalue weighted by molar-refractivity contribution is -0.126. The number of piperidine rings is 1. The van der Waals surface area contributed by atoms with E-state index in [0.717, 1.165) is 47.1 Å². The summed E-state index contributed by atoms with van der Waals surface area (Å²) in [7, 11) is 0. The number of halogens is 1. The molecular formula is C22H24BrN3O2. The normalized spacial score (nSPS) is 17.4. The summed E-state index contributed by atoms with van der Waals surface area (Å²) >= 11 is 3.48. The van der Waals surface area contributed by atoms with Crippen LogP contribution in [0.5, 0.6) is 0 Å². The molecular weight excluding hydrogens is 418 g/mol. The molecule has 1 aromatic heterocycles. The third kappa shape index (κ3) is 4.27. The van der Waals surface area contributed by atoms with Crippen LogP contribution >= 0.6 is 15.9 Å². The quantitative estimate of drug-likeness (QED) is 0.780. The summed E-state index contributed by atoms with van der Waals surface area (Å²) in [5, 5.41) is 3.08. The van der Waals surface area contributed by atoms with Crippen LogP contribution in [0.4, 0.5) is 0 Å². The first kappa shape index (κ1) is 19.1. The van der Waals surface area contributed by atoms with Gasteiger partial charge in [0.25, 0.3) is 5.91 Å². The van der Waals surface area contributed by atoms with Crippen molar-refractivity contribution < 1.29 is 9.59 Å². The van der Waals surface area contributed by atoms with Gasteiger partial charge < -0.3 is 10.2 Å². The molecule has 0 bridgehead atoms. The largest absolute Gasteiger partial charge is 0.353 e. The van der Waals surface area contributed by atoms with E-state index in [0.29, 0.717) is 24.7 Å². The van der Waals surface area contributed by atoms with E-state index in [9.17, 15) is 9.59 Å². The monoisotopic (exact) mass is 441 g/mol. The highest BCUT2D eigenvalue weighted by molar-refractivity contribution is 9.10. The molecule has 1 aromatic carbocycles. The maximum absolute atomic E-state index is 13.0. The van der Waals surface area contributed by atoms with Crippen molar-refractivity contribution in [1.29, 1.82) is 0 Å². The Kier molecular flexibility index (Phi) is 5.49. The van der Waals surface area contributed by atoms with Gasteiger partial charge in [-0.3, -0.25) is 14.6 Å². The maximum Gasteiger partial charge on any atom is 0.255 e. The molecule has 1 saturated carbocycles. The standard InChI is InChI=1S/C22H24BrN3O2/c1-14-19(7-8-20(24-14)16-3-2-4-17(23)13-16)22(28)26-11-9-15(10-12-26)21(27)25-18-5-6-18/h2-4,7-8,13,15,18H,5-6,9-12H2,1H3,(H,25,27). The maximum atomic E-state index is 13.0. The number of carbonyl (C=O) groups is 2. The van der Waals surface area contributed by atoms with Gasteiger partial charge >= 0.3 is 0 Å². The molecule has 1 saturated heterocycles. The van der Waals surface area contributed by atoms with Gasteiger partial charge in [0.05, 0.1) is 17.0 Å². The number of carbonyl (C=O) groups excluding carboxylic acids is 2. The summed E-state index contributed by atoms with van der Waals surface area (Å²) in [5.41, 5.74) is 3.24. The Balaban J connectivity index is 1.41. The van der Waals surface area contributed by atoms with Crippen LogP contribution in [0.2, 0.25) is 0 Å². The highest BCUT2D eigenvalue weighted by Gasteiger charge is 2.31. The molecule has 1 N–H and O–H groups in total. The van der Waals surface area contributed by atoms with Crippen molar-refractivity contribution in [2.24, 2.45) is 5.92 Å². The molecule has 2 aliphatic rings. The van der Waals surface area contributed by atoms with E-state index in [4.69, 9.17) is 0 Å². The second-order valence-electron chi connectivity index (χ2n) is 7.69. The molecule has 0 spiro atoms. The second kappa shape index (κ2) is 8.03. The lowest BCUT2D eigenvalue weighted by atomic mass is 9.95. The van der Waals surface area contributed by atoms with Gasteiger partial charge in [0.2, 0.25) is 5.91 Å². The summed E-state index contributed by atoms with van der Waals surface area (Å²) in [6, 6.07) is 12.1. The van der Waals surface area contributed by atoms with Gasteiger partial charge in [-0.15, -0.1) is 0 Å². The van der Waals surface area contributed by atoms with Gasteiger partial charge in [-0.1, -0.05) is 28.1 Å². The molecule has 6 heteroatoms. The molecule has 28 heavy (non-hydrogen) atoms. The van der Waals surface area contributed by atoms with E-state index in [1.54, 1.807) is 0 Å². The summed E-state index contributed by atoms with van der Waals surface area (Å²) in [4.78, 5) is 31.7. The van der Waals surface area contributed by atoms with Gasteiger partial charge in [-0.25, -0.2) is 0 Å². The van der Waals surface area contributed by atoms with Crippen LogP contribution in [0.1, 0.15) is 41.7 Å². The second-order valence-corrected chi connectivity index (χ2v) is 8.60. The Hall–Kier alpha value is -2.21. The van der Waals surface area contributed by atoms with Crippen LogP contribution in [0.3, 0.4) is 0 Å². The minimum atomic E-state index is 0.00634. The van der Waals surface area contributed by atoms with Crippen LogP contribution in [-0.2, 0) is 4.79 Å².